The first-order valence-electron chi connectivity index (χ1n) is 9.91. The van der Waals surface area contributed by atoms with E-state index >= 15 is 0 Å². The van der Waals surface area contributed by atoms with Crippen molar-refractivity contribution in [2.45, 2.75) is 26.7 Å². The molecule has 0 aliphatic carbocycles. The molecule has 2 aromatic carbocycles. The molecule has 0 atom stereocenters. The van der Waals surface area contributed by atoms with Crippen LogP contribution >= 0.6 is 0 Å². The number of fused-ring (bicyclic) bond motifs is 1. The Hall–Kier alpha value is -3.81. The van der Waals surface area contributed by atoms with Gasteiger partial charge in [0.2, 0.25) is 5.91 Å². The predicted octanol–water partition coefficient (Wildman–Crippen LogP) is 3.45. The van der Waals surface area contributed by atoms with Crippen LogP contribution < -0.4 is 10.9 Å². The normalized spacial score (nSPS) is 11.1. The maximum atomic E-state index is 13.0. The molecular weight excluding hydrogens is 397 g/mol. The smallest absolute Gasteiger partial charge is 0.273 e. The summed E-state index contributed by atoms with van der Waals surface area (Å²) in [4.78, 5) is 29.7. The van der Waals surface area contributed by atoms with Crippen LogP contribution in [0.4, 0.5) is 10.1 Å². The number of nitrogens with zero attached hydrogens (tertiary/aromatic N) is 4. The Kier molecular flexibility index (Phi) is 5.37. The molecule has 7 nitrogen and oxygen atoms in total. The van der Waals surface area contributed by atoms with E-state index in [-0.39, 0.29) is 30.1 Å². The number of nitrogens with one attached hydrogen (secondary N) is 1. The van der Waals surface area contributed by atoms with Crippen molar-refractivity contribution in [3.05, 3.63) is 81.7 Å². The first-order chi connectivity index (χ1) is 14.8. The highest BCUT2D eigenvalue weighted by Crippen LogP contribution is 2.20. The van der Waals surface area contributed by atoms with Gasteiger partial charge < -0.3 is 5.32 Å². The first-order valence-corrected chi connectivity index (χ1v) is 9.91. The maximum Gasteiger partial charge on any atom is 0.273 e. The number of benzene rings is 2. The minimum atomic E-state index is -0.374. The van der Waals surface area contributed by atoms with E-state index in [1.54, 1.807) is 11.7 Å². The number of aryl methyl sites for hydroxylation is 4. The van der Waals surface area contributed by atoms with E-state index < -0.39 is 0 Å². The second-order valence-corrected chi connectivity index (χ2v) is 7.48. The lowest BCUT2D eigenvalue weighted by Gasteiger charge is -2.09. The predicted molar refractivity (Wildman–Crippen MR) is 117 cm³/mol. The van der Waals surface area contributed by atoms with E-state index in [2.05, 4.69) is 15.4 Å². The SMILES string of the molecule is Cc1ccc(-n2nc(C)c3nc(CCC(=O)Nc4ccc(F)cc4)c(=O)n(C)c32)cc1. The van der Waals surface area contributed by atoms with Crippen molar-refractivity contribution in [3.63, 3.8) is 0 Å². The summed E-state index contributed by atoms with van der Waals surface area (Å²) in [5.41, 5.74) is 4.42. The van der Waals surface area contributed by atoms with Gasteiger partial charge in [0.1, 0.15) is 17.0 Å². The Balaban J connectivity index is 1.61. The number of amides is 1. The third-order valence-corrected chi connectivity index (χ3v) is 5.12. The van der Waals surface area contributed by atoms with Crippen molar-refractivity contribution in [3.8, 4) is 5.69 Å². The van der Waals surface area contributed by atoms with Crippen LogP contribution in [0.25, 0.3) is 16.9 Å². The average molecular weight is 419 g/mol. The number of hydrogen-bond donors (Lipinski definition) is 1. The second kappa shape index (κ2) is 8.14. The molecule has 2 aromatic heterocycles. The molecule has 0 saturated carbocycles. The standard InChI is InChI=1S/C23H22FN5O2/c1-14-4-10-18(11-5-14)29-22-21(15(2)27-29)26-19(23(31)28(22)3)12-13-20(30)25-17-8-6-16(24)7-9-17/h4-11H,12-13H2,1-3H3,(H,25,30). The van der Waals surface area contributed by atoms with E-state index in [1.165, 1.54) is 28.8 Å². The molecule has 8 heteroatoms. The maximum absolute atomic E-state index is 13.0. The largest absolute Gasteiger partial charge is 0.326 e. The van der Waals surface area contributed by atoms with E-state index in [9.17, 15) is 14.0 Å². The molecule has 0 aliphatic heterocycles. The Morgan fingerprint density at radius 3 is 2.42 bits per heavy atom. The zero-order valence-electron chi connectivity index (χ0n) is 17.5. The molecule has 0 bridgehead atoms. The van der Waals surface area contributed by atoms with Crippen molar-refractivity contribution in [1.29, 1.82) is 0 Å². The van der Waals surface area contributed by atoms with Crippen LogP contribution in [0.5, 0.6) is 0 Å². The molecular formula is C23H22FN5O2. The molecule has 4 aromatic rings. The van der Waals surface area contributed by atoms with Gasteiger partial charge in [-0.2, -0.15) is 5.10 Å². The van der Waals surface area contributed by atoms with Crippen molar-refractivity contribution in [1.82, 2.24) is 19.3 Å². The lowest BCUT2D eigenvalue weighted by atomic mass is 10.2. The van der Waals surface area contributed by atoms with Crippen LogP contribution in [0.3, 0.4) is 0 Å². The van der Waals surface area contributed by atoms with Crippen LogP contribution in [-0.2, 0) is 18.3 Å². The number of aromatic nitrogens is 4. The summed E-state index contributed by atoms with van der Waals surface area (Å²) in [6.45, 7) is 3.85. The minimum absolute atomic E-state index is 0.0796. The molecule has 0 radical (unpaired) electrons. The van der Waals surface area contributed by atoms with E-state index in [0.29, 0.717) is 28.2 Å². The van der Waals surface area contributed by atoms with Gasteiger partial charge in [-0.1, -0.05) is 17.7 Å². The molecule has 1 amide bonds. The van der Waals surface area contributed by atoms with Crippen molar-refractivity contribution < 1.29 is 9.18 Å². The van der Waals surface area contributed by atoms with Crippen molar-refractivity contribution in [2.24, 2.45) is 7.05 Å². The molecule has 0 saturated heterocycles. The molecule has 0 spiro atoms. The fourth-order valence-corrected chi connectivity index (χ4v) is 3.43. The topological polar surface area (TPSA) is 81.8 Å². The number of carbonyl (C=O) groups excluding carboxylic acids is 1. The van der Waals surface area contributed by atoms with Crippen LogP contribution in [-0.4, -0.2) is 25.2 Å². The van der Waals surface area contributed by atoms with Gasteiger partial charge in [0, 0.05) is 25.6 Å². The molecule has 0 unspecified atom stereocenters. The number of carbonyl (C=O) groups is 1. The number of halogens is 1. The summed E-state index contributed by atoms with van der Waals surface area (Å²) >= 11 is 0. The highest BCUT2D eigenvalue weighted by molar-refractivity contribution is 5.90. The van der Waals surface area contributed by atoms with Gasteiger partial charge in [-0.25, -0.2) is 14.1 Å². The Morgan fingerprint density at radius 2 is 1.74 bits per heavy atom. The lowest BCUT2D eigenvalue weighted by Crippen LogP contribution is -2.25. The van der Waals surface area contributed by atoms with Crippen molar-refractivity contribution >= 4 is 22.8 Å². The van der Waals surface area contributed by atoms with Crippen molar-refractivity contribution in [2.75, 3.05) is 5.32 Å². The van der Waals surface area contributed by atoms with Crippen LogP contribution in [0, 0.1) is 19.7 Å². The summed E-state index contributed by atoms with van der Waals surface area (Å²) in [5.74, 6) is -0.650. The third kappa shape index (κ3) is 4.09. The number of hydrogen-bond acceptors (Lipinski definition) is 4. The van der Waals surface area contributed by atoms with Gasteiger partial charge in [-0.15, -0.1) is 0 Å². The first kappa shape index (κ1) is 20.5. The molecule has 4 rings (SSSR count). The van der Waals surface area contributed by atoms with Gasteiger partial charge in [0.05, 0.1) is 11.4 Å². The van der Waals surface area contributed by atoms with E-state index in [4.69, 9.17) is 0 Å². The number of anilines is 1. The van der Waals surface area contributed by atoms with E-state index in [0.717, 1.165) is 11.3 Å². The minimum Gasteiger partial charge on any atom is -0.326 e. The highest BCUT2D eigenvalue weighted by Gasteiger charge is 2.18. The van der Waals surface area contributed by atoms with Crippen LogP contribution in [0.1, 0.15) is 23.4 Å². The summed E-state index contributed by atoms with van der Waals surface area (Å²) in [6, 6.07) is 13.4. The summed E-state index contributed by atoms with van der Waals surface area (Å²) < 4.78 is 16.2. The van der Waals surface area contributed by atoms with Gasteiger partial charge >= 0.3 is 0 Å². The Labute approximate surface area is 178 Å². The molecule has 1 N–H and O–H groups in total. The quantitative estimate of drug-likeness (QED) is 0.537. The van der Waals surface area contributed by atoms with Gasteiger partial charge in [0.15, 0.2) is 5.65 Å². The monoisotopic (exact) mass is 419 g/mol. The molecule has 158 valence electrons. The summed E-state index contributed by atoms with van der Waals surface area (Å²) in [6.07, 6.45) is 0.265. The Morgan fingerprint density at radius 1 is 1.06 bits per heavy atom. The van der Waals surface area contributed by atoms with Crippen LogP contribution in [0.15, 0.2) is 53.3 Å². The van der Waals surface area contributed by atoms with E-state index in [1.807, 2.05) is 38.1 Å². The summed E-state index contributed by atoms with van der Waals surface area (Å²) in [5, 5.41) is 7.27. The highest BCUT2D eigenvalue weighted by atomic mass is 19.1. The Bertz CT molecular complexity index is 1320. The van der Waals surface area contributed by atoms with Gasteiger partial charge in [-0.05, 0) is 50.2 Å². The zero-order chi connectivity index (χ0) is 22.1. The fraction of sp³-hybridized carbons (Fsp3) is 0.217. The zero-order valence-corrected chi connectivity index (χ0v) is 17.5. The average Bonchev–Trinajstić information content (AvgIpc) is 3.08. The molecule has 31 heavy (non-hydrogen) atoms. The van der Waals surface area contributed by atoms with Crippen LogP contribution in [0.2, 0.25) is 0 Å². The molecule has 0 aliphatic rings. The number of rotatable bonds is 5. The lowest BCUT2D eigenvalue weighted by molar-refractivity contribution is -0.116. The second-order valence-electron chi connectivity index (χ2n) is 7.48. The fourth-order valence-electron chi connectivity index (χ4n) is 3.43. The van der Waals surface area contributed by atoms with Gasteiger partial charge in [0.25, 0.3) is 5.56 Å². The molecule has 0 fully saturated rings. The summed E-state index contributed by atoms with van der Waals surface area (Å²) in [7, 11) is 1.68. The third-order valence-electron chi connectivity index (χ3n) is 5.12. The van der Waals surface area contributed by atoms with Gasteiger partial charge in [-0.3, -0.25) is 14.2 Å². The molecule has 2 heterocycles.